The Bertz CT molecular complexity index is 393. The third kappa shape index (κ3) is 1.61. The topological polar surface area (TPSA) is 43.1 Å². The normalized spacial score (nSPS) is 15.1. The zero-order chi connectivity index (χ0) is 9.97. The van der Waals surface area contributed by atoms with E-state index in [2.05, 4.69) is 6.07 Å². The number of aryl methyl sites for hydroxylation is 1. The lowest BCUT2D eigenvalue weighted by Gasteiger charge is -1.98. The SMILES string of the molecule is NCC=Cc1ccc2c(c1)CCC2=O. The van der Waals surface area contributed by atoms with E-state index in [1.54, 1.807) is 0 Å². The number of carbonyl (C=O) groups is 1. The number of ketones is 1. The van der Waals surface area contributed by atoms with Gasteiger partial charge in [0, 0.05) is 18.5 Å². The zero-order valence-corrected chi connectivity index (χ0v) is 7.99. The third-order valence-electron chi connectivity index (χ3n) is 2.50. The molecule has 0 heterocycles. The van der Waals surface area contributed by atoms with Gasteiger partial charge in [-0.25, -0.2) is 0 Å². The lowest BCUT2D eigenvalue weighted by atomic mass is 10.1. The molecule has 1 aliphatic carbocycles. The summed E-state index contributed by atoms with van der Waals surface area (Å²) in [6.07, 6.45) is 5.46. The van der Waals surface area contributed by atoms with E-state index >= 15 is 0 Å². The Kier molecular flexibility index (Phi) is 2.46. The molecule has 0 unspecified atom stereocenters. The van der Waals surface area contributed by atoms with Gasteiger partial charge in [0.15, 0.2) is 5.78 Å². The first kappa shape index (κ1) is 9.16. The minimum absolute atomic E-state index is 0.273. The number of hydrogen-bond donors (Lipinski definition) is 1. The van der Waals surface area contributed by atoms with E-state index in [1.165, 1.54) is 5.56 Å². The molecule has 2 rings (SSSR count). The van der Waals surface area contributed by atoms with Crippen LogP contribution in [0.4, 0.5) is 0 Å². The van der Waals surface area contributed by atoms with Crippen LogP contribution in [-0.2, 0) is 6.42 Å². The van der Waals surface area contributed by atoms with Crippen LogP contribution in [0.1, 0.15) is 27.9 Å². The van der Waals surface area contributed by atoms with E-state index in [1.807, 2.05) is 24.3 Å². The summed E-state index contributed by atoms with van der Waals surface area (Å²) in [5.74, 6) is 0.273. The third-order valence-corrected chi connectivity index (χ3v) is 2.50. The lowest BCUT2D eigenvalue weighted by molar-refractivity contribution is 0.0994. The summed E-state index contributed by atoms with van der Waals surface area (Å²) in [5.41, 5.74) is 8.57. The minimum atomic E-state index is 0.273. The highest BCUT2D eigenvalue weighted by Crippen LogP contribution is 2.23. The second kappa shape index (κ2) is 3.76. The smallest absolute Gasteiger partial charge is 0.163 e. The predicted octanol–water partition coefficient (Wildman–Crippen LogP) is 1.79. The van der Waals surface area contributed by atoms with Gasteiger partial charge in [-0.1, -0.05) is 30.4 Å². The van der Waals surface area contributed by atoms with E-state index in [4.69, 9.17) is 5.73 Å². The highest BCUT2D eigenvalue weighted by Gasteiger charge is 2.18. The summed E-state index contributed by atoms with van der Waals surface area (Å²) in [6.45, 7) is 0.552. The van der Waals surface area contributed by atoms with Crippen molar-refractivity contribution < 1.29 is 4.79 Å². The molecule has 14 heavy (non-hydrogen) atoms. The fourth-order valence-corrected chi connectivity index (χ4v) is 1.78. The van der Waals surface area contributed by atoms with Crippen LogP contribution in [0.3, 0.4) is 0 Å². The van der Waals surface area contributed by atoms with E-state index in [0.717, 1.165) is 17.5 Å². The zero-order valence-electron chi connectivity index (χ0n) is 7.99. The van der Waals surface area contributed by atoms with Gasteiger partial charge in [-0.15, -0.1) is 0 Å². The monoisotopic (exact) mass is 187 g/mol. The molecule has 1 aliphatic rings. The van der Waals surface area contributed by atoms with Gasteiger partial charge < -0.3 is 5.73 Å². The molecule has 2 heteroatoms. The standard InChI is InChI=1S/C12H13NO/c13-7-1-2-9-3-5-11-10(8-9)4-6-12(11)14/h1-3,5,8H,4,6-7,13H2. The molecule has 0 fully saturated rings. The van der Waals surface area contributed by atoms with Crippen molar-refractivity contribution in [3.05, 3.63) is 41.0 Å². The Hall–Kier alpha value is -1.41. The first-order valence-electron chi connectivity index (χ1n) is 4.84. The van der Waals surface area contributed by atoms with Crippen LogP contribution in [0, 0.1) is 0 Å². The van der Waals surface area contributed by atoms with Crippen LogP contribution >= 0.6 is 0 Å². The molecule has 2 N–H and O–H groups in total. The minimum Gasteiger partial charge on any atom is -0.327 e. The van der Waals surface area contributed by atoms with E-state index < -0.39 is 0 Å². The van der Waals surface area contributed by atoms with Crippen molar-refractivity contribution in [3.63, 3.8) is 0 Å². The van der Waals surface area contributed by atoms with Gasteiger partial charge in [-0.05, 0) is 17.5 Å². The molecule has 0 aliphatic heterocycles. The fourth-order valence-electron chi connectivity index (χ4n) is 1.78. The van der Waals surface area contributed by atoms with Gasteiger partial charge in [0.05, 0.1) is 0 Å². The van der Waals surface area contributed by atoms with Crippen LogP contribution in [0.5, 0.6) is 0 Å². The summed E-state index contributed by atoms with van der Waals surface area (Å²) >= 11 is 0. The molecular formula is C12H13NO. The molecule has 1 aromatic carbocycles. The molecule has 0 saturated carbocycles. The van der Waals surface area contributed by atoms with Crippen molar-refractivity contribution in [1.82, 2.24) is 0 Å². The highest BCUT2D eigenvalue weighted by atomic mass is 16.1. The maximum atomic E-state index is 11.4. The Labute approximate surface area is 83.4 Å². The average molecular weight is 187 g/mol. The maximum Gasteiger partial charge on any atom is 0.163 e. The van der Waals surface area contributed by atoms with Crippen molar-refractivity contribution in [1.29, 1.82) is 0 Å². The van der Waals surface area contributed by atoms with Crippen LogP contribution < -0.4 is 5.73 Å². The largest absolute Gasteiger partial charge is 0.327 e. The summed E-state index contributed by atoms with van der Waals surface area (Å²) in [7, 11) is 0. The first-order valence-corrected chi connectivity index (χ1v) is 4.84. The van der Waals surface area contributed by atoms with Gasteiger partial charge in [-0.2, -0.15) is 0 Å². The molecule has 1 aromatic rings. The van der Waals surface area contributed by atoms with Gasteiger partial charge in [-0.3, -0.25) is 4.79 Å². The lowest BCUT2D eigenvalue weighted by Crippen LogP contribution is -1.93. The van der Waals surface area contributed by atoms with Crippen LogP contribution in [0.15, 0.2) is 24.3 Å². The molecule has 0 radical (unpaired) electrons. The summed E-state index contributed by atoms with van der Waals surface area (Å²) in [6, 6.07) is 5.96. The molecule has 0 amide bonds. The molecule has 2 nitrogen and oxygen atoms in total. The summed E-state index contributed by atoms with van der Waals surface area (Å²) < 4.78 is 0. The molecule has 0 atom stereocenters. The summed E-state index contributed by atoms with van der Waals surface area (Å²) in [5, 5.41) is 0. The van der Waals surface area contributed by atoms with E-state index in [9.17, 15) is 4.79 Å². The highest BCUT2D eigenvalue weighted by molar-refractivity contribution is 6.00. The van der Waals surface area contributed by atoms with Crippen molar-refractivity contribution in [2.45, 2.75) is 12.8 Å². The van der Waals surface area contributed by atoms with Crippen molar-refractivity contribution in [2.24, 2.45) is 5.73 Å². The Morgan fingerprint density at radius 2 is 2.21 bits per heavy atom. The van der Waals surface area contributed by atoms with Crippen molar-refractivity contribution >= 4 is 11.9 Å². The molecule has 0 aromatic heterocycles. The maximum absolute atomic E-state index is 11.4. The van der Waals surface area contributed by atoms with Gasteiger partial charge in [0.2, 0.25) is 0 Å². The van der Waals surface area contributed by atoms with Gasteiger partial charge in [0.1, 0.15) is 0 Å². The van der Waals surface area contributed by atoms with Crippen LogP contribution in [0.25, 0.3) is 6.08 Å². The van der Waals surface area contributed by atoms with Gasteiger partial charge >= 0.3 is 0 Å². The Morgan fingerprint density at radius 1 is 1.36 bits per heavy atom. The van der Waals surface area contributed by atoms with Crippen molar-refractivity contribution in [3.8, 4) is 0 Å². The number of fused-ring (bicyclic) bond motifs is 1. The second-order valence-corrected chi connectivity index (χ2v) is 3.48. The quantitative estimate of drug-likeness (QED) is 0.767. The van der Waals surface area contributed by atoms with E-state index in [0.29, 0.717) is 13.0 Å². The van der Waals surface area contributed by atoms with Crippen molar-refractivity contribution in [2.75, 3.05) is 6.54 Å². The van der Waals surface area contributed by atoms with Crippen LogP contribution in [-0.4, -0.2) is 12.3 Å². The number of carbonyl (C=O) groups excluding carboxylic acids is 1. The molecule has 0 saturated heterocycles. The molecule has 72 valence electrons. The number of benzene rings is 1. The summed E-state index contributed by atoms with van der Waals surface area (Å²) in [4.78, 5) is 11.4. The second-order valence-electron chi connectivity index (χ2n) is 3.48. The van der Waals surface area contributed by atoms with Crippen LogP contribution in [0.2, 0.25) is 0 Å². The average Bonchev–Trinajstić information content (AvgIpc) is 2.57. The molecular weight excluding hydrogens is 174 g/mol. The van der Waals surface area contributed by atoms with E-state index in [-0.39, 0.29) is 5.78 Å². The Morgan fingerprint density at radius 3 is 3.00 bits per heavy atom. The molecule has 0 bridgehead atoms. The number of hydrogen-bond acceptors (Lipinski definition) is 2. The molecule has 0 spiro atoms. The van der Waals surface area contributed by atoms with Gasteiger partial charge in [0.25, 0.3) is 0 Å². The predicted molar refractivity (Wildman–Crippen MR) is 57.2 cm³/mol. The first-order chi connectivity index (χ1) is 6.81. The number of rotatable bonds is 2. The number of nitrogens with two attached hydrogens (primary N) is 1. The Balaban J connectivity index is 2.32. The number of Topliss-reactive ketones (excluding diaryl/α,β-unsaturated/α-hetero) is 1. The fraction of sp³-hybridized carbons (Fsp3) is 0.250.